The smallest absolute Gasteiger partial charge is 0.255 e. The summed E-state index contributed by atoms with van der Waals surface area (Å²) in [6.07, 6.45) is 0.689. The van der Waals surface area contributed by atoms with E-state index in [9.17, 15) is 9.18 Å². The summed E-state index contributed by atoms with van der Waals surface area (Å²) in [7, 11) is 0. The van der Waals surface area contributed by atoms with Gasteiger partial charge in [-0.05, 0) is 65.7 Å². The van der Waals surface area contributed by atoms with Crippen molar-refractivity contribution in [2.45, 2.75) is 19.5 Å². The van der Waals surface area contributed by atoms with E-state index in [2.05, 4.69) is 20.9 Å². The number of hydrogen-bond donors (Lipinski definition) is 2. The molecule has 7 heteroatoms. The molecular weight excluding hydrogens is 463 g/mol. The molecule has 5 nitrogen and oxygen atoms in total. The second kappa shape index (κ2) is 8.80. The van der Waals surface area contributed by atoms with Crippen LogP contribution in [0.3, 0.4) is 0 Å². The molecule has 1 aliphatic heterocycles. The van der Waals surface area contributed by atoms with E-state index in [0.29, 0.717) is 35.9 Å². The van der Waals surface area contributed by atoms with Crippen LogP contribution < -0.4 is 5.56 Å². The Bertz CT molecular complexity index is 1590. The lowest BCUT2D eigenvalue weighted by Crippen LogP contribution is -2.35. The van der Waals surface area contributed by atoms with Gasteiger partial charge in [0.05, 0.1) is 17.0 Å². The fraction of sp³-hybridized carbons (Fsp3) is 0.143. The second-order valence-electron chi connectivity index (χ2n) is 8.84. The highest BCUT2D eigenvalue weighted by molar-refractivity contribution is 6.30. The molecule has 5 aromatic rings. The van der Waals surface area contributed by atoms with Crippen molar-refractivity contribution in [3.8, 4) is 22.6 Å². The van der Waals surface area contributed by atoms with Crippen LogP contribution in [0.2, 0.25) is 5.02 Å². The van der Waals surface area contributed by atoms with Gasteiger partial charge in [0.15, 0.2) is 0 Å². The standard InChI is InChI=1S/C28H22ClFN4O/c29-19-9-5-18(6-10-19)27-32-25-13-14-34(16-23(25)28(35)33-27)15-22-21-3-1-2-4-24(21)31-26(22)17-7-11-20(30)12-8-17/h1-12,31H,13-16H2,(H,32,33,35). The van der Waals surface area contributed by atoms with Crippen molar-refractivity contribution < 1.29 is 4.39 Å². The number of nitrogens with one attached hydrogen (secondary N) is 2. The highest BCUT2D eigenvalue weighted by Gasteiger charge is 2.24. The van der Waals surface area contributed by atoms with Crippen molar-refractivity contribution in [3.05, 3.63) is 111 Å². The third kappa shape index (κ3) is 4.16. The predicted molar refractivity (Wildman–Crippen MR) is 137 cm³/mol. The number of H-pyrrole nitrogens is 2. The van der Waals surface area contributed by atoms with Crippen molar-refractivity contribution in [3.63, 3.8) is 0 Å². The summed E-state index contributed by atoms with van der Waals surface area (Å²) in [4.78, 5) is 26.5. The molecule has 0 saturated heterocycles. The molecule has 0 spiro atoms. The van der Waals surface area contributed by atoms with Crippen LogP contribution in [0.1, 0.15) is 16.8 Å². The number of nitrogens with zero attached hydrogens (tertiary/aromatic N) is 2. The third-order valence-electron chi connectivity index (χ3n) is 6.59. The van der Waals surface area contributed by atoms with Gasteiger partial charge in [0.2, 0.25) is 0 Å². The second-order valence-corrected chi connectivity index (χ2v) is 9.27. The molecule has 1 aliphatic rings. The molecular formula is C28H22ClFN4O. The van der Waals surface area contributed by atoms with E-state index >= 15 is 0 Å². The first kappa shape index (κ1) is 21.8. The minimum absolute atomic E-state index is 0.109. The van der Waals surface area contributed by atoms with E-state index in [1.807, 2.05) is 30.3 Å². The summed E-state index contributed by atoms with van der Waals surface area (Å²) < 4.78 is 13.6. The summed E-state index contributed by atoms with van der Waals surface area (Å²) in [5.41, 5.74) is 6.35. The predicted octanol–water partition coefficient (Wildman–Crippen LogP) is 5.94. The molecule has 0 aliphatic carbocycles. The maximum absolute atomic E-state index is 13.6. The van der Waals surface area contributed by atoms with Crippen LogP contribution in [0.4, 0.5) is 4.39 Å². The number of benzene rings is 3. The Morgan fingerprint density at radius 1 is 0.943 bits per heavy atom. The maximum Gasteiger partial charge on any atom is 0.255 e. The number of rotatable bonds is 4. The topological polar surface area (TPSA) is 64.8 Å². The van der Waals surface area contributed by atoms with Crippen LogP contribution in [0.25, 0.3) is 33.5 Å². The van der Waals surface area contributed by atoms with Crippen LogP contribution in [-0.2, 0) is 19.5 Å². The van der Waals surface area contributed by atoms with Gasteiger partial charge in [-0.15, -0.1) is 0 Å². The molecule has 0 saturated carbocycles. The number of para-hydroxylation sites is 1. The quantitative estimate of drug-likeness (QED) is 0.332. The zero-order chi connectivity index (χ0) is 23.9. The van der Waals surface area contributed by atoms with Gasteiger partial charge in [-0.1, -0.05) is 29.8 Å². The number of halogens is 2. The molecule has 0 radical (unpaired) electrons. The van der Waals surface area contributed by atoms with E-state index in [1.165, 1.54) is 12.1 Å². The SMILES string of the molecule is O=c1[nH]c(-c2ccc(Cl)cc2)nc2c1CN(Cc1c(-c3ccc(F)cc3)[nH]c3ccccc13)CC2. The van der Waals surface area contributed by atoms with Crippen LogP contribution in [0.15, 0.2) is 77.6 Å². The Hall–Kier alpha value is -3.74. The largest absolute Gasteiger partial charge is 0.354 e. The lowest BCUT2D eigenvalue weighted by Gasteiger charge is -2.28. The van der Waals surface area contributed by atoms with E-state index in [0.717, 1.165) is 45.5 Å². The number of hydrogen-bond acceptors (Lipinski definition) is 3. The first-order valence-corrected chi connectivity index (χ1v) is 11.9. The lowest BCUT2D eigenvalue weighted by atomic mass is 10.0. The summed E-state index contributed by atoms with van der Waals surface area (Å²) in [6.45, 7) is 1.96. The molecule has 0 bridgehead atoms. The normalized spacial score (nSPS) is 13.8. The zero-order valence-corrected chi connectivity index (χ0v) is 19.6. The van der Waals surface area contributed by atoms with E-state index in [1.54, 1.807) is 24.3 Å². The van der Waals surface area contributed by atoms with Crippen LogP contribution >= 0.6 is 11.6 Å². The van der Waals surface area contributed by atoms with Crippen molar-refractivity contribution in [1.82, 2.24) is 19.9 Å². The van der Waals surface area contributed by atoms with Crippen molar-refractivity contribution >= 4 is 22.5 Å². The van der Waals surface area contributed by atoms with Crippen LogP contribution in [0.5, 0.6) is 0 Å². The summed E-state index contributed by atoms with van der Waals surface area (Å²) in [5, 5.41) is 1.77. The summed E-state index contributed by atoms with van der Waals surface area (Å²) in [6, 6.07) is 22.0. The highest BCUT2D eigenvalue weighted by Crippen LogP contribution is 2.32. The Labute approximate surface area is 206 Å². The lowest BCUT2D eigenvalue weighted by molar-refractivity contribution is 0.243. The van der Waals surface area contributed by atoms with E-state index in [-0.39, 0.29) is 11.4 Å². The van der Waals surface area contributed by atoms with Crippen molar-refractivity contribution in [2.75, 3.05) is 6.54 Å². The average Bonchev–Trinajstić information content (AvgIpc) is 3.23. The van der Waals surface area contributed by atoms with Crippen molar-refractivity contribution in [2.24, 2.45) is 0 Å². The summed E-state index contributed by atoms with van der Waals surface area (Å²) in [5.74, 6) is 0.304. The van der Waals surface area contributed by atoms with Gasteiger partial charge < -0.3 is 9.97 Å². The number of aromatic amines is 2. The fourth-order valence-corrected chi connectivity index (χ4v) is 4.94. The molecule has 174 valence electrons. The van der Waals surface area contributed by atoms with E-state index in [4.69, 9.17) is 16.6 Å². The zero-order valence-electron chi connectivity index (χ0n) is 18.8. The minimum Gasteiger partial charge on any atom is -0.354 e. The number of aromatic nitrogens is 3. The molecule has 0 amide bonds. The Balaban J connectivity index is 1.33. The minimum atomic E-state index is -0.260. The van der Waals surface area contributed by atoms with Crippen molar-refractivity contribution in [1.29, 1.82) is 0 Å². The maximum atomic E-state index is 13.6. The van der Waals surface area contributed by atoms with Gasteiger partial charge >= 0.3 is 0 Å². The van der Waals surface area contributed by atoms with Gasteiger partial charge in [0.1, 0.15) is 11.6 Å². The molecule has 3 aromatic carbocycles. The molecule has 35 heavy (non-hydrogen) atoms. The molecule has 3 heterocycles. The van der Waals surface area contributed by atoms with Gasteiger partial charge in [-0.2, -0.15) is 0 Å². The van der Waals surface area contributed by atoms with Gasteiger partial charge in [-0.3, -0.25) is 9.69 Å². The first-order valence-electron chi connectivity index (χ1n) is 11.5. The average molecular weight is 485 g/mol. The Kier molecular flexibility index (Phi) is 5.47. The molecule has 0 unspecified atom stereocenters. The Morgan fingerprint density at radius 3 is 2.49 bits per heavy atom. The van der Waals surface area contributed by atoms with Crippen LogP contribution in [0, 0.1) is 5.82 Å². The van der Waals surface area contributed by atoms with Crippen LogP contribution in [-0.4, -0.2) is 26.4 Å². The third-order valence-corrected chi connectivity index (χ3v) is 6.85. The summed E-state index contributed by atoms with van der Waals surface area (Å²) >= 11 is 6.00. The van der Waals surface area contributed by atoms with Gasteiger partial charge in [-0.25, -0.2) is 9.37 Å². The fourth-order valence-electron chi connectivity index (χ4n) is 4.81. The van der Waals surface area contributed by atoms with E-state index < -0.39 is 0 Å². The highest BCUT2D eigenvalue weighted by atomic mass is 35.5. The van der Waals surface area contributed by atoms with Gasteiger partial charge in [0, 0.05) is 47.5 Å². The molecule has 2 aromatic heterocycles. The first-order chi connectivity index (χ1) is 17.0. The molecule has 0 fully saturated rings. The van der Waals surface area contributed by atoms with Gasteiger partial charge in [0.25, 0.3) is 5.56 Å². The Morgan fingerprint density at radius 2 is 1.69 bits per heavy atom. The monoisotopic (exact) mass is 484 g/mol. The number of fused-ring (bicyclic) bond motifs is 2. The molecule has 0 atom stereocenters. The molecule has 6 rings (SSSR count). The molecule has 2 N–H and O–H groups in total.